The third-order valence-electron chi connectivity index (χ3n) is 3.87. The van der Waals surface area contributed by atoms with Crippen LogP contribution < -0.4 is 5.32 Å². The van der Waals surface area contributed by atoms with Crippen molar-refractivity contribution in [2.45, 2.75) is 31.7 Å². The Kier molecular flexibility index (Phi) is 3.43. The smallest absolute Gasteiger partial charge is 0.140 e. The molecule has 0 heterocycles. The van der Waals surface area contributed by atoms with E-state index >= 15 is 0 Å². The number of aryl methyl sites for hydroxylation is 1. The highest BCUT2D eigenvalue weighted by molar-refractivity contribution is 5.53. The molecule has 1 aliphatic carbocycles. The van der Waals surface area contributed by atoms with E-state index in [4.69, 9.17) is 0 Å². The van der Waals surface area contributed by atoms with E-state index in [1.165, 1.54) is 18.4 Å². The minimum atomic E-state index is -0.296. The van der Waals surface area contributed by atoms with Crippen molar-refractivity contribution in [3.05, 3.63) is 65.2 Å². The Balaban J connectivity index is 1.85. The lowest BCUT2D eigenvalue weighted by molar-refractivity contribution is 0.981. The molecule has 0 spiro atoms. The van der Waals surface area contributed by atoms with E-state index in [2.05, 4.69) is 42.6 Å². The van der Waals surface area contributed by atoms with Crippen LogP contribution in [0.1, 0.15) is 41.5 Å². The van der Waals surface area contributed by atoms with Gasteiger partial charge in [0.25, 0.3) is 0 Å². The van der Waals surface area contributed by atoms with Gasteiger partial charge in [-0.05, 0) is 48.4 Å². The largest absolute Gasteiger partial charge is 0.366 e. The molecule has 1 unspecified atom stereocenters. The molecule has 2 nitrogen and oxygen atoms in total. The second-order valence-electron chi connectivity index (χ2n) is 5.47. The van der Waals surface area contributed by atoms with E-state index in [1.54, 1.807) is 0 Å². The zero-order valence-corrected chi connectivity index (χ0v) is 11.6. The van der Waals surface area contributed by atoms with E-state index in [0.717, 1.165) is 16.8 Å². The number of para-hydroxylation sites is 1. The summed E-state index contributed by atoms with van der Waals surface area (Å²) in [6, 6.07) is 18.6. The molecule has 2 heteroatoms. The summed E-state index contributed by atoms with van der Waals surface area (Å²) in [5.74, 6) is 0.716. The molecule has 2 aromatic carbocycles. The third kappa shape index (κ3) is 2.67. The van der Waals surface area contributed by atoms with Crippen molar-refractivity contribution in [3.63, 3.8) is 0 Å². The Morgan fingerprint density at radius 1 is 1.15 bits per heavy atom. The van der Waals surface area contributed by atoms with Crippen LogP contribution in [0.5, 0.6) is 0 Å². The van der Waals surface area contributed by atoms with Crippen LogP contribution in [-0.2, 0) is 0 Å². The molecule has 3 rings (SSSR count). The van der Waals surface area contributed by atoms with Crippen LogP contribution in [0.25, 0.3) is 0 Å². The number of nitriles is 1. The molecule has 0 radical (unpaired) electrons. The number of nitrogens with one attached hydrogen (secondary N) is 1. The van der Waals surface area contributed by atoms with Crippen LogP contribution >= 0.6 is 0 Å². The summed E-state index contributed by atoms with van der Waals surface area (Å²) in [6.07, 6.45) is 2.57. The molecule has 0 aromatic heterocycles. The summed E-state index contributed by atoms with van der Waals surface area (Å²) in [5.41, 5.74) is 4.61. The Morgan fingerprint density at radius 3 is 2.65 bits per heavy atom. The van der Waals surface area contributed by atoms with Crippen molar-refractivity contribution >= 4 is 5.69 Å². The van der Waals surface area contributed by atoms with Crippen LogP contribution in [0.3, 0.4) is 0 Å². The number of hydrogen-bond acceptors (Lipinski definition) is 2. The Bertz CT molecular complexity index is 650. The predicted molar refractivity (Wildman–Crippen MR) is 81.6 cm³/mol. The quantitative estimate of drug-likeness (QED) is 0.877. The summed E-state index contributed by atoms with van der Waals surface area (Å²) in [5, 5.41) is 12.8. The molecule has 20 heavy (non-hydrogen) atoms. The molecule has 1 saturated carbocycles. The lowest BCUT2D eigenvalue weighted by Crippen LogP contribution is -2.09. The molecular weight excluding hydrogens is 244 g/mol. The standard InChI is InChI=1S/C18H18N2/c1-13-5-2-3-8-17(13)20-18(12-19)16-7-4-6-15(11-16)14-9-10-14/h2-8,11,14,18,20H,9-10H2,1H3. The second-order valence-corrected chi connectivity index (χ2v) is 5.47. The molecule has 1 fully saturated rings. The lowest BCUT2D eigenvalue weighted by atomic mass is 10.0. The monoisotopic (exact) mass is 262 g/mol. The van der Waals surface area contributed by atoms with Crippen LogP contribution in [0.15, 0.2) is 48.5 Å². The van der Waals surface area contributed by atoms with Gasteiger partial charge < -0.3 is 5.32 Å². The topological polar surface area (TPSA) is 35.8 Å². The summed E-state index contributed by atoms with van der Waals surface area (Å²) in [6.45, 7) is 2.05. The molecule has 1 N–H and O–H groups in total. The van der Waals surface area contributed by atoms with E-state index in [-0.39, 0.29) is 6.04 Å². The number of benzene rings is 2. The van der Waals surface area contributed by atoms with Gasteiger partial charge in [-0.2, -0.15) is 5.26 Å². The van der Waals surface area contributed by atoms with Gasteiger partial charge in [0, 0.05) is 5.69 Å². The SMILES string of the molecule is Cc1ccccc1NC(C#N)c1cccc(C2CC2)c1. The lowest BCUT2D eigenvalue weighted by Gasteiger charge is -2.16. The zero-order chi connectivity index (χ0) is 13.9. The maximum absolute atomic E-state index is 9.46. The highest BCUT2D eigenvalue weighted by atomic mass is 14.9. The molecule has 2 aromatic rings. The van der Waals surface area contributed by atoms with Gasteiger partial charge in [0.1, 0.15) is 6.04 Å². The first kappa shape index (κ1) is 12.7. The molecule has 1 atom stereocenters. The third-order valence-corrected chi connectivity index (χ3v) is 3.87. The summed E-state index contributed by atoms with van der Waals surface area (Å²) in [4.78, 5) is 0. The van der Waals surface area contributed by atoms with E-state index < -0.39 is 0 Å². The fourth-order valence-corrected chi connectivity index (χ4v) is 2.49. The van der Waals surface area contributed by atoms with Crippen LogP contribution in [0.2, 0.25) is 0 Å². The van der Waals surface area contributed by atoms with E-state index in [1.807, 2.05) is 24.3 Å². The Hall–Kier alpha value is -2.27. The predicted octanol–water partition coefficient (Wildman–Crippen LogP) is 4.55. The number of rotatable bonds is 4. The average molecular weight is 262 g/mol. The van der Waals surface area contributed by atoms with Gasteiger partial charge in [0.05, 0.1) is 6.07 Å². The van der Waals surface area contributed by atoms with Gasteiger partial charge in [0.2, 0.25) is 0 Å². The Labute approximate surface area is 120 Å². The van der Waals surface area contributed by atoms with Crippen molar-refractivity contribution in [1.82, 2.24) is 0 Å². The molecule has 100 valence electrons. The second kappa shape index (κ2) is 5.38. The maximum Gasteiger partial charge on any atom is 0.140 e. The minimum absolute atomic E-state index is 0.296. The van der Waals surface area contributed by atoms with Crippen LogP contribution in [0, 0.1) is 18.3 Å². The van der Waals surface area contributed by atoms with Gasteiger partial charge in [0.15, 0.2) is 0 Å². The summed E-state index contributed by atoms with van der Waals surface area (Å²) < 4.78 is 0. The van der Waals surface area contributed by atoms with E-state index in [0.29, 0.717) is 5.92 Å². The molecule has 1 aliphatic rings. The molecule has 0 bridgehead atoms. The van der Waals surface area contributed by atoms with Crippen molar-refractivity contribution in [1.29, 1.82) is 5.26 Å². The molecular formula is C18H18N2. The molecule has 0 amide bonds. The fourth-order valence-electron chi connectivity index (χ4n) is 2.49. The maximum atomic E-state index is 9.46. The van der Waals surface area contributed by atoms with Crippen molar-refractivity contribution in [3.8, 4) is 6.07 Å². The number of hydrogen-bond donors (Lipinski definition) is 1. The molecule has 0 aliphatic heterocycles. The van der Waals surface area contributed by atoms with Crippen molar-refractivity contribution < 1.29 is 0 Å². The van der Waals surface area contributed by atoms with Gasteiger partial charge in [-0.25, -0.2) is 0 Å². The van der Waals surface area contributed by atoms with Crippen molar-refractivity contribution in [2.75, 3.05) is 5.32 Å². The fraction of sp³-hybridized carbons (Fsp3) is 0.278. The highest BCUT2D eigenvalue weighted by Crippen LogP contribution is 2.40. The normalized spacial score (nSPS) is 15.4. The first-order chi connectivity index (χ1) is 9.78. The number of anilines is 1. The summed E-state index contributed by atoms with van der Waals surface area (Å²) >= 11 is 0. The molecule has 0 saturated heterocycles. The first-order valence-electron chi connectivity index (χ1n) is 7.09. The minimum Gasteiger partial charge on any atom is -0.366 e. The van der Waals surface area contributed by atoms with Crippen LogP contribution in [0.4, 0.5) is 5.69 Å². The van der Waals surface area contributed by atoms with E-state index in [9.17, 15) is 5.26 Å². The average Bonchev–Trinajstić information content (AvgIpc) is 3.31. The highest BCUT2D eigenvalue weighted by Gasteiger charge is 2.24. The van der Waals surface area contributed by atoms with Crippen LogP contribution in [-0.4, -0.2) is 0 Å². The van der Waals surface area contributed by atoms with Crippen molar-refractivity contribution in [2.24, 2.45) is 0 Å². The Morgan fingerprint density at radius 2 is 1.95 bits per heavy atom. The summed E-state index contributed by atoms with van der Waals surface area (Å²) in [7, 11) is 0. The first-order valence-corrected chi connectivity index (χ1v) is 7.09. The van der Waals surface area contributed by atoms with Gasteiger partial charge in [-0.1, -0.05) is 42.5 Å². The zero-order valence-electron chi connectivity index (χ0n) is 11.6. The van der Waals surface area contributed by atoms with Gasteiger partial charge in [-0.3, -0.25) is 0 Å². The van der Waals surface area contributed by atoms with Gasteiger partial charge >= 0.3 is 0 Å². The van der Waals surface area contributed by atoms with Gasteiger partial charge in [-0.15, -0.1) is 0 Å². The number of nitrogens with zero attached hydrogens (tertiary/aromatic N) is 1.